The second-order valence-corrected chi connectivity index (χ2v) is 9.35. The molecule has 11 heteroatoms. The summed E-state index contributed by atoms with van der Waals surface area (Å²) in [5.74, 6) is 1.72. The zero-order valence-corrected chi connectivity index (χ0v) is 17.3. The number of amides is 1. The Bertz CT molecular complexity index is 1040. The number of anilines is 3. The molecule has 160 valence electrons. The first-order valence-electron chi connectivity index (χ1n) is 9.62. The average molecular weight is 433 g/mol. The monoisotopic (exact) mass is 433 g/mol. The zero-order valence-electron chi connectivity index (χ0n) is 16.5. The molecule has 4 rings (SSSR count). The van der Waals surface area contributed by atoms with Crippen molar-refractivity contribution in [2.45, 2.75) is 23.8 Å². The Hall–Kier alpha value is -3.08. The molecule has 0 bridgehead atoms. The van der Waals surface area contributed by atoms with Crippen LogP contribution in [0.25, 0.3) is 0 Å². The van der Waals surface area contributed by atoms with Crippen molar-refractivity contribution in [2.24, 2.45) is 0 Å². The van der Waals surface area contributed by atoms with Crippen molar-refractivity contribution in [3.05, 3.63) is 30.6 Å². The standard InChI is InChI=1S/C19H23N5O5S/c1-30(27,28)15-4-2-13(3-5-15)22-17-16-18(21-12-20-17)24(10-11-29-16)14-6-8-23(9-7-14)19(25)26/h2-5,12,14H,6-11H2,1H3,(H,25,26)(H,20,21,22). The van der Waals surface area contributed by atoms with E-state index in [9.17, 15) is 13.2 Å². The van der Waals surface area contributed by atoms with Gasteiger partial charge in [0.2, 0.25) is 5.75 Å². The summed E-state index contributed by atoms with van der Waals surface area (Å²) in [6, 6.07) is 6.60. The highest BCUT2D eigenvalue weighted by Gasteiger charge is 2.32. The Kier molecular flexibility index (Phi) is 5.37. The molecular weight excluding hydrogens is 410 g/mol. The van der Waals surface area contributed by atoms with Crippen LogP contribution in [0.15, 0.2) is 35.5 Å². The highest BCUT2D eigenvalue weighted by molar-refractivity contribution is 7.90. The van der Waals surface area contributed by atoms with E-state index in [1.807, 2.05) is 0 Å². The summed E-state index contributed by atoms with van der Waals surface area (Å²) in [5, 5.41) is 12.3. The first-order valence-corrected chi connectivity index (χ1v) is 11.5. The number of sulfone groups is 1. The number of benzene rings is 1. The van der Waals surface area contributed by atoms with Gasteiger partial charge in [0, 0.05) is 31.1 Å². The van der Waals surface area contributed by atoms with Crippen LogP contribution in [0, 0.1) is 0 Å². The van der Waals surface area contributed by atoms with Gasteiger partial charge in [0.15, 0.2) is 21.5 Å². The van der Waals surface area contributed by atoms with Gasteiger partial charge in [0.1, 0.15) is 12.9 Å². The summed E-state index contributed by atoms with van der Waals surface area (Å²) in [6.45, 7) is 2.14. The third-order valence-corrected chi connectivity index (χ3v) is 6.49. The summed E-state index contributed by atoms with van der Waals surface area (Å²) in [7, 11) is -3.26. The lowest BCUT2D eigenvalue weighted by molar-refractivity contribution is 0.130. The van der Waals surface area contributed by atoms with Crippen molar-refractivity contribution in [3.8, 4) is 5.75 Å². The summed E-state index contributed by atoms with van der Waals surface area (Å²) in [5.41, 5.74) is 0.679. The summed E-state index contributed by atoms with van der Waals surface area (Å²) in [6.07, 6.45) is 3.20. The van der Waals surface area contributed by atoms with Crippen LogP contribution in [0.4, 0.5) is 22.1 Å². The van der Waals surface area contributed by atoms with Crippen LogP contribution >= 0.6 is 0 Å². The van der Waals surface area contributed by atoms with Crippen LogP contribution < -0.4 is 15.0 Å². The molecule has 0 saturated carbocycles. The normalized spacial score (nSPS) is 17.2. The molecule has 10 nitrogen and oxygen atoms in total. The fourth-order valence-electron chi connectivity index (χ4n) is 3.79. The number of hydrogen-bond acceptors (Lipinski definition) is 8. The number of aromatic nitrogens is 2. The SMILES string of the molecule is CS(=O)(=O)c1ccc(Nc2ncnc3c2OCCN3C2CCN(C(=O)O)CC2)cc1. The Labute approximate surface area is 174 Å². The van der Waals surface area contributed by atoms with Crippen LogP contribution in [0.2, 0.25) is 0 Å². The van der Waals surface area contributed by atoms with Crippen molar-refractivity contribution in [1.29, 1.82) is 0 Å². The van der Waals surface area contributed by atoms with Gasteiger partial charge in [0.05, 0.1) is 11.4 Å². The molecule has 0 aliphatic carbocycles. The van der Waals surface area contributed by atoms with Crippen LogP contribution in [0.3, 0.4) is 0 Å². The highest BCUT2D eigenvalue weighted by atomic mass is 32.2. The van der Waals surface area contributed by atoms with Gasteiger partial charge in [-0.3, -0.25) is 0 Å². The number of nitrogens with zero attached hydrogens (tertiary/aromatic N) is 4. The fraction of sp³-hybridized carbons (Fsp3) is 0.421. The largest absolute Gasteiger partial charge is 0.485 e. The van der Waals surface area contributed by atoms with Crippen LogP contribution in [0.5, 0.6) is 5.75 Å². The Morgan fingerprint density at radius 1 is 1.17 bits per heavy atom. The molecule has 2 aliphatic rings. The van der Waals surface area contributed by atoms with Gasteiger partial charge in [0.25, 0.3) is 0 Å². The number of fused-ring (bicyclic) bond motifs is 1. The first kappa shape index (κ1) is 20.2. The molecule has 30 heavy (non-hydrogen) atoms. The van der Waals surface area contributed by atoms with Gasteiger partial charge in [-0.15, -0.1) is 0 Å². The number of rotatable bonds is 4. The highest BCUT2D eigenvalue weighted by Crippen LogP contribution is 2.38. The summed E-state index contributed by atoms with van der Waals surface area (Å²) < 4.78 is 29.1. The number of likely N-dealkylation sites (tertiary alicyclic amines) is 1. The van der Waals surface area contributed by atoms with E-state index in [1.54, 1.807) is 12.1 Å². The van der Waals surface area contributed by atoms with E-state index >= 15 is 0 Å². The minimum Gasteiger partial charge on any atom is -0.485 e. The third-order valence-electron chi connectivity index (χ3n) is 5.36. The number of piperidine rings is 1. The lowest BCUT2D eigenvalue weighted by Gasteiger charge is -2.40. The number of nitrogens with one attached hydrogen (secondary N) is 1. The van der Waals surface area contributed by atoms with Gasteiger partial charge in [-0.2, -0.15) is 0 Å². The van der Waals surface area contributed by atoms with Crippen molar-refractivity contribution < 1.29 is 23.1 Å². The van der Waals surface area contributed by atoms with Gasteiger partial charge >= 0.3 is 6.09 Å². The van der Waals surface area contributed by atoms with E-state index in [0.717, 1.165) is 12.8 Å². The quantitative estimate of drug-likeness (QED) is 0.744. The molecule has 0 spiro atoms. The predicted molar refractivity (Wildman–Crippen MR) is 110 cm³/mol. The van der Waals surface area contributed by atoms with E-state index in [1.165, 1.54) is 29.6 Å². The zero-order chi connectivity index (χ0) is 21.3. The molecule has 3 heterocycles. The van der Waals surface area contributed by atoms with Crippen molar-refractivity contribution >= 4 is 33.3 Å². The number of hydrogen-bond donors (Lipinski definition) is 2. The fourth-order valence-corrected chi connectivity index (χ4v) is 4.42. The van der Waals surface area contributed by atoms with E-state index in [2.05, 4.69) is 20.2 Å². The van der Waals surface area contributed by atoms with Crippen LogP contribution in [-0.4, -0.2) is 73.0 Å². The molecule has 1 amide bonds. The van der Waals surface area contributed by atoms with E-state index in [-0.39, 0.29) is 10.9 Å². The number of carboxylic acid groups (broad SMARTS) is 1. The smallest absolute Gasteiger partial charge is 0.407 e. The van der Waals surface area contributed by atoms with Crippen molar-refractivity contribution in [3.63, 3.8) is 0 Å². The maximum absolute atomic E-state index is 11.6. The molecule has 2 aromatic rings. The van der Waals surface area contributed by atoms with Crippen LogP contribution in [-0.2, 0) is 9.84 Å². The molecule has 2 aliphatic heterocycles. The lowest BCUT2D eigenvalue weighted by Crippen LogP contribution is -2.49. The Morgan fingerprint density at radius 2 is 1.87 bits per heavy atom. The number of carbonyl (C=O) groups is 1. The minimum absolute atomic E-state index is 0.181. The molecule has 2 N–H and O–H groups in total. The first-order chi connectivity index (χ1) is 14.3. The van der Waals surface area contributed by atoms with E-state index in [0.29, 0.717) is 49.3 Å². The van der Waals surface area contributed by atoms with Gasteiger partial charge < -0.3 is 25.0 Å². The van der Waals surface area contributed by atoms with Gasteiger partial charge in [-0.1, -0.05) is 0 Å². The lowest BCUT2D eigenvalue weighted by atomic mass is 10.0. The molecule has 1 aromatic carbocycles. The third kappa shape index (κ3) is 4.11. The Morgan fingerprint density at radius 3 is 2.50 bits per heavy atom. The maximum atomic E-state index is 11.6. The molecule has 1 fully saturated rings. The van der Waals surface area contributed by atoms with E-state index in [4.69, 9.17) is 9.84 Å². The average Bonchev–Trinajstić information content (AvgIpc) is 2.73. The van der Waals surface area contributed by atoms with Crippen LogP contribution in [0.1, 0.15) is 12.8 Å². The summed E-state index contributed by atoms with van der Waals surface area (Å²) in [4.78, 5) is 23.7. The maximum Gasteiger partial charge on any atom is 0.407 e. The van der Waals surface area contributed by atoms with Crippen molar-refractivity contribution in [1.82, 2.24) is 14.9 Å². The predicted octanol–water partition coefficient (Wildman–Crippen LogP) is 1.96. The second-order valence-electron chi connectivity index (χ2n) is 7.34. The topological polar surface area (TPSA) is 125 Å². The Balaban J connectivity index is 1.54. The molecule has 1 aromatic heterocycles. The number of ether oxygens (including phenoxy) is 1. The molecular formula is C19H23N5O5S. The molecule has 0 unspecified atom stereocenters. The van der Waals surface area contributed by atoms with E-state index < -0.39 is 15.9 Å². The second kappa shape index (κ2) is 7.98. The van der Waals surface area contributed by atoms with Crippen molar-refractivity contribution in [2.75, 3.05) is 42.7 Å². The molecule has 1 saturated heterocycles. The molecule has 0 atom stereocenters. The summed E-state index contributed by atoms with van der Waals surface area (Å²) >= 11 is 0. The minimum atomic E-state index is -3.26. The van der Waals surface area contributed by atoms with Gasteiger partial charge in [-0.05, 0) is 37.1 Å². The van der Waals surface area contributed by atoms with Gasteiger partial charge in [-0.25, -0.2) is 23.2 Å². The molecule has 0 radical (unpaired) electrons.